The lowest BCUT2D eigenvalue weighted by atomic mass is 9.97. The summed E-state index contributed by atoms with van der Waals surface area (Å²) in [5.74, 6) is 0.675. The molecule has 0 unspecified atom stereocenters. The van der Waals surface area contributed by atoms with Crippen LogP contribution in [0.15, 0.2) is 24.4 Å². The van der Waals surface area contributed by atoms with E-state index in [1.54, 1.807) is 0 Å². The summed E-state index contributed by atoms with van der Waals surface area (Å²) in [4.78, 5) is 6.45. The summed E-state index contributed by atoms with van der Waals surface area (Å²) in [6.07, 6.45) is 8.84. The van der Waals surface area contributed by atoms with Crippen LogP contribution in [0.5, 0.6) is 0 Å². The molecule has 1 atom stereocenters. The highest BCUT2D eigenvalue weighted by atomic mass is 35.5. The predicted octanol–water partition coefficient (Wildman–Crippen LogP) is 3.09. The standard InChI is InChI=1S/C13H17ClN2/c1-16-8-2-3-12(10-16)5-4-11-6-7-13(14)15-9-11/h4-7,9,12H,2-3,8,10H2,1H3/b5-4+/t12-/m1/s1. The van der Waals surface area contributed by atoms with Gasteiger partial charge in [-0.15, -0.1) is 0 Å². The molecule has 0 amide bonds. The summed E-state index contributed by atoms with van der Waals surface area (Å²) in [6.45, 7) is 2.39. The van der Waals surface area contributed by atoms with Gasteiger partial charge in [0.25, 0.3) is 0 Å². The number of hydrogen-bond donors (Lipinski definition) is 0. The normalized spacial score (nSPS) is 22.8. The lowest BCUT2D eigenvalue weighted by molar-refractivity contribution is 0.238. The van der Waals surface area contributed by atoms with E-state index in [9.17, 15) is 0 Å². The van der Waals surface area contributed by atoms with Gasteiger partial charge >= 0.3 is 0 Å². The fourth-order valence-electron chi connectivity index (χ4n) is 2.10. The van der Waals surface area contributed by atoms with E-state index in [1.165, 1.54) is 19.4 Å². The Hall–Kier alpha value is -0.860. The number of pyridine rings is 1. The van der Waals surface area contributed by atoms with Crippen LogP contribution in [0.2, 0.25) is 5.15 Å². The third-order valence-electron chi connectivity index (χ3n) is 2.97. The Kier molecular flexibility index (Phi) is 3.97. The highest BCUT2D eigenvalue weighted by Gasteiger charge is 2.13. The summed E-state index contributed by atoms with van der Waals surface area (Å²) in [7, 11) is 2.18. The van der Waals surface area contributed by atoms with Gasteiger partial charge in [-0.3, -0.25) is 0 Å². The second-order valence-corrected chi connectivity index (χ2v) is 4.83. The molecule has 2 rings (SSSR count). The van der Waals surface area contributed by atoms with Gasteiger partial charge in [0.1, 0.15) is 5.15 Å². The smallest absolute Gasteiger partial charge is 0.129 e. The first-order valence-corrected chi connectivity index (χ1v) is 6.10. The molecule has 86 valence electrons. The molecule has 2 nitrogen and oxygen atoms in total. The van der Waals surface area contributed by atoms with E-state index in [1.807, 2.05) is 18.3 Å². The molecular weight excluding hydrogens is 220 g/mol. The summed E-state index contributed by atoms with van der Waals surface area (Å²) in [5, 5.41) is 0.551. The predicted molar refractivity (Wildman–Crippen MR) is 68.5 cm³/mol. The zero-order valence-corrected chi connectivity index (χ0v) is 10.3. The SMILES string of the molecule is CN1CCC[C@H](/C=C/c2ccc(Cl)nc2)C1. The lowest BCUT2D eigenvalue weighted by Crippen LogP contribution is -2.30. The van der Waals surface area contributed by atoms with Crippen molar-refractivity contribution in [3.63, 3.8) is 0 Å². The Morgan fingerprint density at radius 2 is 2.38 bits per heavy atom. The van der Waals surface area contributed by atoms with Crippen LogP contribution >= 0.6 is 11.6 Å². The van der Waals surface area contributed by atoms with Crippen molar-refractivity contribution in [3.05, 3.63) is 35.1 Å². The molecule has 0 bridgehead atoms. The lowest BCUT2D eigenvalue weighted by Gasteiger charge is -2.27. The first-order chi connectivity index (χ1) is 7.74. The number of halogens is 1. The second kappa shape index (κ2) is 5.46. The van der Waals surface area contributed by atoms with Crippen LogP contribution in [0.1, 0.15) is 18.4 Å². The van der Waals surface area contributed by atoms with Gasteiger partial charge in [-0.25, -0.2) is 4.98 Å². The van der Waals surface area contributed by atoms with Crippen LogP contribution in [-0.4, -0.2) is 30.0 Å². The molecule has 0 saturated carbocycles. The fourth-order valence-corrected chi connectivity index (χ4v) is 2.21. The van der Waals surface area contributed by atoms with Gasteiger partial charge in [-0.05, 0) is 44.0 Å². The molecular formula is C13H17ClN2. The molecule has 16 heavy (non-hydrogen) atoms. The van der Waals surface area contributed by atoms with Crippen LogP contribution in [0.4, 0.5) is 0 Å². The Bertz CT molecular complexity index is 359. The molecule has 1 aliphatic rings. The highest BCUT2D eigenvalue weighted by molar-refractivity contribution is 6.29. The fraction of sp³-hybridized carbons (Fsp3) is 0.462. The van der Waals surface area contributed by atoms with Crippen molar-refractivity contribution >= 4 is 17.7 Å². The minimum absolute atomic E-state index is 0.551. The molecule has 0 N–H and O–H groups in total. The van der Waals surface area contributed by atoms with Crippen molar-refractivity contribution in [3.8, 4) is 0 Å². The maximum Gasteiger partial charge on any atom is 0.129 e. The largest absolute Gasteiger partial charge is 0.306 e. The van der Waals surface area contributed by atoms with E-state index in [-0.39, 0.29) is 0 Å². The minimum Gasteiger partial charge on any atom is -0.306 e. The van der Waals surface area contributed by atoms with Gasteiger partial charge in [-0.2, -0.15) is 0 Å². The number of rotatable bonds is 2. The van der Waals surface area contributed by atoms with Gasteiger partial charge in [-0.1, -0.05) is 29.8 Å². The minimum atomic E-state index is 0.551. The third-order valence-corrected chi connectivity index (χ3v) is 3.20. The quantitative estimate of drug-likeness (QED) is 0.734. The number of nitrogens with zero attached hydrogens (tertiary/aromatic N) is 2. The molecule has 1 aromatic rings. The summed E-state index contributed by atoms with van der Waals surface area (Å²) < 4.78 is 0. The number of aromatic nitrogens is 1. The van der Waals surface area contributed by atoms with Gasteiger partial charge in [0.15, 0.2) is 0 Å². The topological polar surface area (TPSA) is 16.1 Å². The van der Waals surface area contributed by atoms with Crippen LogP contribution in [0.3, 0.4) is 0 Å². The molecule has 2 heterocycles. The van der Waals surface area contributed by atoms with Crippen LogP contribution < -0.4 is 0 Å². The number of hydrogen-bond acceptors (Lipinski definition) is 2. The summed E-state index contributed by atoms with van der Waals surface area (Å²) in [6, 6.07) is 3.83. The second-order valence-electron chi connectivity index (χ2n) is 4.44. The molecule has 0 aromatic carbocycles. The molecule has 1 aliphatic heterocycles. The van der Waals surface area contributed by atoms with Crippen LogP contribution in [0.25, 0.3) is 6.08 Å². The van der Waals surface area contributed by atoms with Gasteiger partial charge in [0.2, 0.25) is 0 Å². The highest BCUT2D eigenvalue weighted by Crippen LogP contribution is 2.17. The Morgan fingerprint density at radius 3 is 3.06 bits per heavy atom. The molecule has 0 aliphatic carbocycles. The zero-order chi connectivity index (χ0) is 11.4. The third kappa shape index (κ3) is 3.32. The average molecular weight is 237 g/mol. The van der Waals surface area contributed by atoms with Crippen LogP contribution in [-0.2, 0) is 0 Å². The van der Waals surface area contributed by atoms with Crippen molar-refractivity contribution in [2.75, 3.05) is 20.1 Å². The number of likely N-dealkylation sites (tertiary alicyclic amines) is 1. The zero-order valence-electron chi connectivity index (χ0n) is 9.56. The molecule has 3 heteroatoms. The van der Waals surface area contributed by atoms with Crippen molar-refractivity contribution in [1.82, 2.24) is 9.88 Å². The summed E-state index contributed by atoms with van der Waals surface area (Å²) in [5.41, 5.74) is 1.12. The first kappa shape index (κ1) is 11.6. The molecule has 0 radical (unpaired) electrons. The molecule has 1 fully saturated rings. The van der Waals surface area contributed by atoms with E-state index < -0.39 is 0 Å². The van der Waals surface area contributed by atoms with E-state index in [2.05, 4.69) is 29.1 Å². The van der Waals surface area contributed by atoms with E-state index in [0.29, 0.717) is 11.1 Å². The van der Waals surface area contributed by atoms with Gasteiger partial charge in [0.05, 0.1) is 0 Å². The number of piperidine rings is 1. The Balaban J connectivity index is 1.95. The van der Waals surface area contributed by atoms with Crippen molar-refractivity contribution in [1.29, 1.82) is 0 Å². The Labute approximate surface area is 102 Å². The average Bonchev–Trinajstić information content (AvgIpc) is 2.28. The molecule has 1 saturated heterocycles. The van der Waals surface area contributed by atoms with Crippen molar-refractivity contribution in [2.24, 2.45) is 5.92 Å². The van der Waals surface area contributed by atoms with E-state index in [4.69, 9.17) is 11.6 Å². The first-order valence-electron chi connectivity index (χ1n) is 5.72. The van der Waals surface area contributed by atoms with Crippen molar-refractivity contribution in [2.45, 2.75) is 12.8 Å². The molecule has 1 aromatic heterocycles. The van der Waals surface area contributed by atoms with Gasteiger partial charge < -0.3 is 4.90 Å². The van der Waals surface area contributed by atoms with Crippen molar-refractivity contribution < 1.29 is 0 Å². The monoisotopic (exact) mass is 236 g/mol. The molecule has 0 spiro atoms. The Morgan fingerprint density at radius 1 is 1.50 bits per heavy atom. The maximum atomic E-state index is 5.74. The summed E-state index contributed by atoms with van der Waals surface area (Å²) >= 11 is 5.74. The van der Waals surface area contributed by atoms with E-state index in [0.717, 1.165) is 12.1 Å². The van der Waals surface area contributed by atoms with Gasteiger partial charge in [0, 0.05) is 12.7 Å². The van der Waals surface area contributed by atoms with E-state index >= 15 is 0 Å². The van der Waals surface area contributed by atoms with Crippen LogP contribution in [0, 0.1) is 5.92 Å². The maximum absolute atomic E-state index is 5.74.